The normalized spacial score (nSPS) is 27.6. The first-order chi connectivity index (χ1) is 29.7. The summed E-state index contributed by atoms with van der Waals surface area (Å²) in [4.78, 5) is 17.9. The average Bonchev–Trinajstić information content (AvgIpc) is 3.53. The number of benzene rings is 6. The fourth-order valence-corrected chi connectivity index (χ4v) is 14.7. The standard InChI is InChI=1S/C55H46N4O/c1-2-10-33(11-3-1)52-56-53(58-54(57-52)36-21-25-41-40-12-4-9-17-49(40)60-50(41)30-36)34-19-23-39(24-20-34)59-47-15-7-5-13-45(47)55(46-14-6-8-16-48(46)59)38-22-18-35-29-37-26-32-27-43(35)51(55)44(28-32)42(37)31-38/h1-17,19-21,23-25,30,32,35,37-38,42-44,51H,18,22,26-29,31H2. The molecular formula is C55H46N4O. The van der Waals surface area contributed by atoms with Crippen LogP contribution in [-0.4, -0.2) is 15.0 Å². The predicted octanol–water partition coefficient (Wildman–Crippen LogP) is 13.6. The van der Waals surface area contributed by atoms with Crippen LogP contribution >= 0.6 is 0 Å². The highest BCUT2D eigenvalue weighted by Crippen LogP contribution is 2.74. The van der Waals surface area contributed by atoms with Gasteiger partial charge in [-0.1, -0.05) is 91.0 Å². The fourth-order valence-electron chi connectivity index (χ4n) is 14.7. The van der Waals surface area contributed by atoms with Gasteiger partial charge in [-0.2, -0.15) is 0 Å². The van der Waals surface area contributed by atoms with Gasteiger partial charge < -0.3 is 9.32 Å². The Morgan fingerprint density at radius 1 is 0.483 bits per heavy atom. The van der Waals surface area contributed by atoms with Gasteiger partial charge in [0, 0.05) is 38.6 Å². The van der Waals surface area contributed by atoms with Gasteiger partial charge in [0.1, 0.15) is 11.2 Å². The van der Waals surface area contributed by atoms with E-state index >= 15 is 0 Å². The summed E-state index contributed by atoms with van der Waals surface area (Å²) in [5.74, 6) is 8.87. The molecule has 6 saturated carbocycles. The number of nitrogens with zero attached hydrogens (tertiary/aromatic N) is 4. The molecule has 15 rings (SSSR count). The number of hydrogen-bond acceptors (Lipinski definition) is 5. The van der Waals surface area contributed by atoms with E-state index in [1.807, 2.05) is 30.3 Å². The molecule has 6 aromatic carbocycles. The van der Waals surface area contributed by atoms with Crippen LogP contribution in [0, 0.1) is 47.3 Å². The van der Waals surface area contributed by atoms with E-state index in [0.29, 0.717) is 23.4 Å². The Hall–Kier alpha value is -6.07. The van der Waals surface area contributed by atoms with Gasteiger partial charge in [-0.05, 0) is 158 Å². The van der Waals surface area contributed by atoms with Crippen molar-refractivity contribution in [2.75, 3.05) is 4.90 Å². The Balaban J connectivity index is 0.891. The molecule has 8 aromatic rings. The first kappa shape index (κ1) is 33.7. The smallest absolute Gasteiger partial charge is 0.164 e. The number of anilines is 3. The molecule has 1 aliphatic heterocycles. The molecule has 3 heterocycles. The maximum absolute atomic E-state index is 6.29. The summed E-state index contributed by atoms with van der Waals surface area (Å²) in [5, 5.41) is 2.19. The molecule has 292 valence electrons. The van der Waals surface area contributed by atoms with E-state index in [0.717, 1.165) is 80.1 Å². The van der Waals surface area contributed by atoms with Gasteiger partial charge in [-0.15, -0.1) is 0 Å². The molecule has 0 saturated heterocycles. The molecule has 6 aliphatic carbocycles. The number of hydrogen-bond donors (Lipinski definition) is 0. The minimum absolute atomic E-state index is 0.0713. The highest BCUT2D eigenvalue weighted by molar-refractivity contribution is 6.05. The minimum Gasteiger partial charge on any atom is -0.456 e. The lowest BCUT2D eigenvalue weighted by Gasteiger charge is -2.64. The maximum atomic E-state index is 6.29. The summed E-state index contributed by atoms with van der Waals surface area (Å²) in [6.07, 6.45) is 10.2. The van der Waals surface area contributed by atoms with E-state index in [-0.39, 0.29) is 5.41 Å². The number of para-hydroxylation sites is 3. The van der Waals surface area contributed by atoms with Gasteiger partial charge in [0.2, 0.25) is 0 Å². The van der Waals surface area contributed by atoms with E-state index < -0.39 is 0 Å². The van der Waals surface area contributed by atoms with Crippen LogP contribution in [0.3, 0.4) is 0 Å². The number of fused-ring (bicyclic) bond motifs is 5. The first-order valence-corrected chi connectivity index (χ1v) is 22.5. The van der Waals surface area contributed by atoms with Gasteiger partial charge in [0.25, 0.3) is 0 Å². The first-order valence-electron chi connectivity index (χ1n) is 22.5. The zero-order chi connectivity index (χ0) is 39.1. The van der Waals surface area contributed by atoms with Crippen LogP contribution in [0.15, 0.2) is 150 Å². The van der Waals surface area contributed by atoms with Crippen LogP contribution in [0.5, 0.6) is 0 Å². The monoisotopic (exact) mass is 778 g/mol. The number of rotatable bonds is 4. The third kappa shape index (κ3) is 4.61. The topological polar surface area (TPSA) is 55.1 Å². The molecule has 1 spiro atoms. The molecule has 2 aromatic heterocycles. The van der Waals surface area contributed by atoms with Crippen LogP contribution in [0.4, 0.5) is 17.1 Å². The molecule has 6 fully saturated rings. The Bertz CT molecular complexity index is 2960. The van der Waals surface area contributed by atoms with E-state index in [1.165, 1.54) is 62.0 Å². The van der Waals surface area contributed by atoms with Gasteiger partial charge in [-0.25, -0.2) is 15.0 Å². The molecule has 8 bridgehead atoms. The summed E-state index contributed by atoms with van der Waals surface area (Å²) in [7, 11) is 0. The van der Waals surface area contributed by atoms with Gasteiger partial charge in [0.15, 0.2) is 17.5 Å². The molecule has 7 aliphatic rings. The molecule has 0 radical (unpaired) electrons. The van der Waals surface area contributed by atoms with Crippen molar-refractivity contribution in [3.8, 4) is 34.2 Å². The number of furan rings is 1. The Labute approximate surface area is 350 Å². The number of aromatic nitrogens is 3. The van der Waals surface area contributed by atoms with Crippen LogP contribution in [0.25, 0.3) is 56.1 Å². The van der Waals surface area contributed by atoms with Crippen molar-refractivity contribution in [3.63, 3.8) is 0 Å². The summed E-state index contributed by atoms with van der Waals surface area (Å²) < 4.78 is 6.29. The van der Waals surface area contributed by atoms with Gasteiger partial charge >= 0.3 is 0 Å². The van der Waals surface area contributed by atoms with Crippen LogP contribution < -0.4 is 4.90 Å². The van der Waals surface area contributed by atoms with Crippen molar-refractivity contribution >= 4 is 39.0 Å². The van der Waals surface area contributed by atoms with Crippen molar-refractivity contribution < 1.29 is 4.42 Å². The van der Waals surface area contributed by atoms with Crippen molar-refractivity contribution in [1.82, 2.24) is 15.0 Å². The third-order valence-corrected chi connectivity index (χ3v) is 16.6. The quantitative estimate of drug-likeness (QED) is 0.178. The lowest BCUT2D eigenvalue weighted by atomic mass is 9.40. The highest BCUT2D eigenvalue weighted by Gasteiger charge is 2.68. The van der Waals surface area contributed by atoms with E-state index in [9.17, 15) is 0 Å². The summed E-state index contributed by atoms with van der Waals surface area (Å²) in [5.41, 5.74) is 11.7. The second kappa shape index (κ2) is 12.5. The van der Waals surface area contributed by atoms with Crippen molar-refractivity contribution in [2.24, 2.45) is 47.3 Å². The van der Waals surface area contributed by atoms with Crippen LogP contribution in [-0.2, 0) is 5.41 Å². The minimum atomic E-state index is 0.0713. The fraction of sp³-hybridized carbons (Fsp3) is 0.291. The highest BCUT2D eigenvalue weighted by atomic mass is 16.3. The van der Waals surface area contributed by atoms with Crippen molar-refractivity contribution in [3.05, 3.63) is 157 Å². The predicted molar refractivity (Wildman–Crippen MR) is 239 cm³/mol. The zero-order valence-electron chi connectivity index (χ0n) is 33.6. The lowest BCUT2D eigenvalue weighted by molar-refractivity contribution is -0.0795. The van der Waals surface area contributed by atoms with Crippen molar-refractivity contribution in [1.29, 1.82) is 0 Å². The molecule has 0 N–H and O–H groups in total. The Morgan fingerprint density at radius 3 is 1.90 bits per heavy atom. The molecule has 5 nitrogen and oxygen atoms in total. The lowest BCUT2D eigenvalue weighted by Crippen LogP contribution is -2.59. The summed E-state index contributed by atoms with van der Waals surface area (Å²) in [6.45, 7) is 0. The van der Waals surface area contributed by atoms with E-state index in [4.69, 9.17) is 19.4 Å². The van der Waals surface area contributed by atoms with E-state index in [2.05, 4.69) is 120 Å². The molecule has 60 heavy (non-hydrogen) atoms. The van der Waals surface area contributed by atoms with Gasteiger partial charge in [-0.3, -0.25) is 0 Å². The van der Waals surface area contributed by atoms with Crippen LogP contribution in [0.2, 0.25) is 0 Å². The molecule has 8 atom stereocenters. The third-order valence-electron chi connectivity index (χ3n) is 16.6. The second-order valence-electron chi connectivity index (χ2n) is 19.1. The van der Waals surface area contributed by atoms with Gasteiger partial charge in [0.05, 0.1) is 11.4 Å². The SMILES string of the molecule is c1ccc(-c2nc(-c3ccc(N4c5ccccc5C5(c6ccccc64)C4CCC6CC7CC8CC6C5C(C8)C7C4)cc3)nc(-c3ccc4c(c3)oc3ccccc34)n2)cc1. The second-order valence-corrected chi connectivity index (χ2v) is 19.1. The Morgan fingerprint density at radius 2 is 1.12 bits per heavy atom. The molecule has 5 heteroatoms. The largest absolute Gasteiger partial charge is 0.456 e. The Kier molecular flexibility index (Phi) is 7.02. The average molecular weight is 779 g/mol. The summed E-state index contributed by atoms with van der Waals surface area (Å²) >= 11 is 0. The van der Waals surface area contributed by atoms with E-state index in [1.54, 1.807) is 11.1 Å². The molecular weight excluding hydrogens is 733 g/mol. The molecule has 0 amide bonds. The van der Waals surface area contributed by atoms with Crippen LogP contribution in [0.1, 0.15) is 56.1 Å². The van der Waals surface area contributed by atoms with Crippen molar-refractivity contribution in [2.45, 2.75) is 50.4 Å². The maximum Gasteiger partial charge on any atom is 0.164 e. The summed E-state index contributed by atoms with van der Waals surface area (Å²) in [6, 6.07) is 52.8. The zero-order valence-corrected chi connectivity index (χ0v) is 33.6. The molecule has 8 unspecified atom stereocenters.